The van der Waals surface area contributed by atoms with Crippen molar-refractivity contribution >= 4 is 38.9 Å². The van der Waals surface area contributed by atoms with Gasteiger partial charge < -0.3 is 4.74 Å². The van der Waals surface area contributed by atoms with Crippen LogP contribution in [-0.2, 0) is 11.3 Å². The number of ether oxygens (including phenoxy) is 1. The molecule has 4 rings (SSSR count). The van der Waals surface area contributed by atoms with Crippen molar-refractivity contribution < 1.29 is 9.53 Å². The van der Waals surface area contributed by atoms with Gasteiger partial charge in [-0.2, -0.15) is 0 Å². The molecule has 3 aromatic rings. The van der Waals surface area contributed by atoms with E-state index in [9.17, 15) is 4.79 Å². The molecule has 0 atom stereocenters. The van der Waals surface area contributed by atoms with E-state index in [0.717, 1.165) is 26.5 Å². The molecule has 0 saturated heterocycles. The van der Waals surface area contributed by atoms with Crippen LogP contribution in [0, 0.1) is 0 Å². The molecule has 1 aromatic heterocycles. The van der Waals surface area contributed by atoms with E-state index in [4.69, 9.17) is 4.74 Å². The van der Waals surface area contributed by atoms with Gasteiger partial charge in [0.05, 0.1) is 21.4 Å². The first kappa shape index (κ1) is 16.8. The van der Waals surface area contributed by atoms with E-state index in [1.54, 1.807) is 16.2 Å². The number of thiazole rings is 1. The number of carbonyl (C=O) groups is 1. The minimum absolute atomic E-state index is 0.176. The predicted molar refractivity (Wildman–Crippen MR) is 106 cm³/mol. The van der Waals surface area contributed by atoms with Crippen LogP contribution in [0.3, 0.4) is 0 Å². The number of fused-ring (bicyclic) bond motifs is 2. The molecule has 0 spiro atoms. The molecule has 0 N–H and O–H groups in total. The van der Waals surface area contributed by atoms with Gasteiger partial charge >= 0.3 is 6.09 Å². The smallest absolute Gasteiger partial charge is 0.415 e. The van der Waals surface area contributed by atoms with Crippen molar-refractivity contribution in [3.05, 3.63) is 65.2 Å². The summed E-state index contributed by atoms with van der Waals surface area (Å²) in [6.45, 7) is 6.29. The maximum Gasteiger partial charge on any atom is 0.415 e. The molecule has 2 heterocycles. The zero-order chi connectivity index (χ0) is 18.3. The van der Waals surface area contributed by atoms with E-state index in [-0.39, 0.29) is 12.7 Å². The highest BCUT2D eigenvalue weighted by Gasteiger charge is 2.36. The fraction of sp³-hybridized carbons (Fsp3) is 0.238. The van der Waals surface area contributed by atoms with Gasteiger partial charge in [-0.05, 0) is 44.5 Å². The van der Waals surface area contributed by atoms with E-state index < -0.39 is 5.54 Å². The minimum Gasteiger partial charge on any atom is -0.442 e. The highest BCUT2D eigenvalue weighted by atomic mass is 32.1. The van der Waals surface area contributed by atoms with Crippen LogP contribution in [0.15, 0.2) is 54.6 Å². The SMILES string of the molecule is CC1=CC(C)(C)N(C(=O)OCc2nc3ccccc3s2)c2ccccc21. The standard InChI is InChI=1S/C21H20N2O2S/c1-14-12-21(2,3)23(17-10-6-4-8-15(14)17)20(24)25-13-19-22-16-9-5-7-11-18(16)26-19/h4-12H,13H2,1-3H3. The van der Waals surface area contributed by atoms with Gasteiger partial charge in [0.1, 0.15) is 11.6 Å². The summed E-state index contributed by atoms with van der Waals surface area (Å²) < 4.78 is 6.73. The van der Waals surface area contributed by atoms with Crippen LogP contribution in [0.4, 0.5) is 10.5 Å². The zero-order valence-corrected chi connectivity index (χ0v) is 15.8. The number of nitrogens with zero attached hydrogens (tertiary/aromatic N) is 2. The molecule has 0 aliphatic carbocycles. The second-order valence-electron chi connectivity index (χ2n) is 6.96. The Balaban J connectivity index is 1.59. The lowest BCUT2D eigenvalue weighted by atomic mass is 9.89. The number of aromatic nitrogens is 1. The molecule has 1 amide bonds. The van der Waals surface area contributed by atoms with E-state index >= 15 is 0 Å². The summed E-state index contributed by atoms with van der Waals surface area (Å²) in [6, 6.07) is 15.9. The van der Waals surface area contributed by atoms with Crippen LogP contribution in [0.1, 0.15) is 31.3 Å². The Morgan fingerprint density at radius 2 is 1.88 bits per heavy atom. The van der Waals surface area contributed by atoms with Crippen LogP contribution in [0.25, 0.3) is 15.8 Å². The number of allylic oxidation sites excluding steroid dienone is 1. The summed E-state index contributed by atoms with van der Waals surface area (Å²) in [4.78, 5) is 19.2. The summed E-state index contributed by atoms with van der Waals surface area (Å²) in [6.07, 6.45) is 1.75. The van der Waals surface area contributed by atoms with E-state index in [0.29, 0.717) is 0 Å². The van der Waals surface area contributed by atoms with Gasteiger partial charge in [0.15, 0.2) is 0 Å². The number of hydrogen-bond donors (Lipinski definition) is 0. The third kappa shape index (κ3) is 2.88. The minimum atomic E-state index is -0.455. The Morgan fingerprint density at radius 1 is 1.15 bits per heavy atom. The molecule has 2 aromatic carbocycles. The second-order valence-corrected chi connectivity index (χ2v) is 8.08. The van der Waals surface area contributed by atoms with Crippen LogP contribution >= 0.6 is 11.3 Å². The number of amides is 1. The molecule has 0 unspecified atom stereocenters. The molecule has 26 heavy (non-hydrogen) atoms. The van der Waals surface area contributed by atoms with Crippen molar-refractivity contribution in [2.75, 3.05) is 4.90 Å². The molecule has 132 valence electrons. The Labute approximate surface area is 156 Å². The molecule has 0 radical (unpaired) electrons. The fourth-order valence-corrected chi connectivity index (χ4v) is 4.37. The number of rotatable bonds is 2. The molecule has 1 aliphatic rings. The lowest BCUT2D eigenvalue weighted by Crippen LogP contribution is -2.49. The monoisotopic (exact) mass is 364 g/mol. The van der Waals surface area contributed by atoms with Gasteiger partial charge in [-0.1, -0.05) is 36.4 Å². The molecule has 0 bridgehead atoms. The molecule has 5 heteroatoms. The van der Waals surface area contributed by atoms with Crippen molar-refractivity contribution in [1.29, 1.82) is 0 Å². The van der Waals surface area contributed by atoms with E-state index in [1.807, 2.05) is 62.4 Å². The summed E-state index contributed by atoms with van der Waals surface area (Å²) in [5.74, 6) is 0. The van der Waals surface area contributed by atoms with Crippen molar-refractivity contribution in [2.24, 2.45) is 0 Å². The maximum absolute atomic E-state index is 12.9. The van der Waals surface area contributed by atoms with Crippen molar-refractivity contribution in [2.45, 2.75) is 32.9 Å². The number of para-hydroxylation sites is 2. The number of anilines is 1. The Kier molecular flexibility index (Phi) is 4.04. The molecule has 0 fully saturated rings. The summed E-state index contributed by atoms with van der Waals surface area (Å²) >= 11 is 1.55. The summed E-state index contributed by atoms with van der Waals surface area (Å²) in [7, 11) is 0. The Morgan fingerprint density at radius 3 is 2.69 bits per heavy atom. The number of hydrogen-bond acceptors (Lipinski definition) is 4. The van der Waals surface area contributed by atoms with E-state index in [1.165, 1.54) is 5.57 Å². The number of benzene rings is 2. The predicted octanol–water partition coefficient (Wildman–Crippen LogP) is 5.64. The van der Waals surface area contributed by atoms with Crippen LogP contribution in [0.5, 0.6) is 0 Å². The van der Waals surface area contributed by atoms with Gasteiger partial charge in [-0.15, -0.1) is 11.3 Å². The molecular weight excluding hydrogens is 344 g/mol. The highest BCUT2D eigenvalue weighted by Crippen LogP contribution is 2.39. The zero-order valence-electron chi connectivity index (χ0n) is 15.0. The second kappa shape index (κ2) is 6.25. The lowest BCUT2D eigenvalue weighted by Gasteiger charge is -2.40. The molecule has 0 saturated carbocycles. The van der Waals surface area contributed by atoms with E-state index in [2.05, 4.69) is 18.0 Å². The highest BCUT2D eigenvalue weighted by molar-refractivity contribution is 7.18. The Hall–Kier alpha value is -2.66. The lowest BCUT2D eigenvalue weighted by molar-refractivity contribution is 0.143. The quantitative estimate of drug-likeness (QED) is 0.591. The fourth-order valence-electron chi connectivity index (χ4n) is 3.49. The van der Waals surface area contributed by atoms with Gasteiger partial charge in [0.2, 0.25) is 0 Å². The molecule has 1 aliphatic heterocycles. The van der Waals surface area contributed by atoms with Gasteiger partial charge in [-0.25, -0.2) is 9.78 Å². The first-order valence-corrected chi connectivity index (χ1v) is 9.38. The van der Waals surface area contributed by atoms with Gasteiger partial charge in [-0.3, -0.25) is 4.90 Å². The van der Waals surface area contributed by atoms with Crippen molar-refractivity contribution in [1.82, 2.24) is 4.98 Å². The largest absolute Gasteiger partial charge is 0.442 e. The maximum atomic E-state index is 12.9. The van der Waals surface area contributed by atoms with Crippen LogP contribution in [-0.4, -0.2) is 16.6 Å². The third-order valence-corrected chi connectivity index (χ3v) is 5.57. The summed E-state index contributed by atoms with van der Waals surface area (Å²) in [5, 5.41) is 0.800. The third-order valence-electron chi connectivity index (χ3n) is 4.56. The van der Waals surface area contributed by atoms with Crippen molar-refractivity contribution in [3.63, 3.8) is 0 Å². The first-order valence-electron chi connectivity index (χ1n) is 8.56. The number of carbonyl (C=O) groups excluding carboxylic acids is 1. The van der Waals surface area contributed by atoms with Crippen LogP contribution in [0.2, 0.25) is 0 Å². The summed E-state index contributed by atoms with van der Waals surface area (Å²) in [5.41, 5.74) is 3.59. The molecular formula is C21H20N2O2S. The topological polar surface area (TPSA) is 42.4 Å². The average molecular weight is 364 g/mol. The molecule has 4 nitrogen and oxygen atoms in total. The van der Waals surface area contributed by atoms with Gasteiger partial charge in [0, 0.05) is 5.56 Å². The average Bonchev–Trinajstić information content (AvgIpc) is 3.02. The van der Waals surface area contributed by atoms with Gasteiger partial charge in [0.25, 0.3) is 0 Å². The Bertz CT molecular complexity index is 987. The normalized spacial score (nSPS) is 15.5. The van der Waals surface area contributed by atoms with Crippen LogP contribution < -0.4 is 4.90 Å². The van der Waals surface area contributed by atoms with Crippen molar-refractivity contribution in [3.8, 4) is 0 Å². The first-order chi connectivity index (χ1) is 12.5.